The molecule has 0 radical (unpaired) electrons. The van der Waals surface area contributed by atoms with Crippen LogP contribution in [-0.4, -0.2) is 23.5 Å². The number of rotatable bonds is 7. The monoisotopic (exact) mass is 326 g/mol. The first kappa shape index (κ1) is 16.8. The number of nitriles is 1. The Morgan fingerprint density at radius 2 is 2.17 bits per heavy atom. The summed E-state index contributed by atoms with van der Waals surface area (Å²) in [5, 5.41) is 10.8. The average molecular weight is 326 g/mol. The molecule has 4 nitrogen and oxygen atoms in total. The molecular weight excluding hydrogens is 308 g/mol. The molecule has 1 aromatic heterocycles. The Hall–Kier alpha value is -2.58. The Bertz CT molecular complexity index is 687. The van der Waals surface area contributed by atoms with E-state index in [0.29, 0.717) is 24.4 Å². The molecule has 118 valence electrons. The zero-order valence-electron chi connectivity index (χ0n) is 12.9. The first-order valence-electron chi connectivity index (χ1n) is 7.23. The fourth-order valence-electron chi connectivity index (χ4n) is 2.10. The second-order valence-electron chi connectivity index (χ2n) is 4.98. The van der Waals surface area contributed by atoms with E-state index in [1.807, 2.05) is 23.6 Å². The molecule has 0 saturated carbocycles. The molecular formula is C18H18N2O2S. The van der Waals surface area contributed by atoms with Crippen LogP contribution in [-0.2, 0) is 11.3 Å². The van der Waals surface area contributed by atoms with Crippen molar-refractivity contribution < 1.29 is 9.53 Å². The molecule has 0 saturated heterocycles. The third kappa shape index (κ3) is 4.70. The first-order chi connectivity index (χ1) is 11.1. The lowest BCUT2D eigenvalue weighted by Gasteiger charge is -2.24. The van der Waals surface area contributed by atoms with Crippen LogP contribution in [0.2, 0.25) is 0 Å². The van der Waals surface area contributed by atoms with Crippen molar-refractivity contribution in [2.24, 2.45) is 0 Å². The summed E-state index contributed by atoms with van der Waals surface area (Å²) in [6.45, 7) is 6.46. The van der Waals surface area contributed by atoms with E-state index in [1.54, 1.807) is 53.5 Å². The van der Waals surface area contributed by atoms with Crippen molar-refractivity contribution in [1.82, 2.24) is 4.90 Å². The van der Waals surface area contributed by atoms with Crippen molar-refractivity contribution >= 4 is 17.2 Å². The number of carbonyl (C=O) groups is 1. The summed E-state index contributed by atoms with van der Waals surface area (Å²) in [4.78, 5) is 15.4. The molecule has 0 spiro atoms. The summed E-state index contributed by atoms with van der Waals surface area (Å²) in [5.74, 6) is 0.474. The van der Waals surface area contributed by atoms with E-state index in [2.05, 4.69) is 6.58 Å². The maximum Gasteiger partial charge on any atom is 0.263 e. The van der Waals surface area contributed by atoms with Crippen LogP contribution in [0.25, 0.3) is 0 Å². The number of ether oxygens (including phenoxy) is 1. The van der Waals surface area contributed by atoms with Crippen molar-refractivity contribution in [3.05, 3.63) is 64.9 Å². The lowest BCUT2D eigenvalue weighted by Crippen LogP contribution is -2.40. The fraction of sp³-hybridized carbons (Fsp3) is 0.222. The highest BCUT2D eigenvalue weighted by Crippen LogP contribution is 2.16. The Morgan fingerprint density at radius 3 is 2.74 bits per heavy atom. The Kier molecular flexibility index (Phi) is 5.95. The number of hydrogen-bond acceptors (Lipinski definition) is 4. The minimum atomic E-state index is -0.608. The van der Waals surface area contributed by atoms with Crippen molar-refractivity contribution in [2.75, 3.05) is 6.54 Å². The number of thiophene rings is 1. The zero-order valence-corrected chi connectivity index (χ0v) is 13.8. The molecule has 1 amide bonds. The maximum absolute atomic E-state index is 12.6. The third-order valence-electron chi connectivity index (χ3n) is 3.23. The topological polar surface area (TPSA) is 53.3 Å². The third-order valence-corrected chi connectivity index (χ3v) is 4.09. The van der Waals surface area contributed by atoms with Gasteiger partial charge >= 0.3 is 0 Å². The summed E-state index contributed by atoms with van der Waals surface area (Å²) < 4.78 is 5.69. The molecule has 0 N–H and O–H groups in total. The van der Waals surface area contributed by atoms with Gasteiger partial charge in [-0.3, -0.25) is 4.79 Å². The summed E-state index contributed by atoms with van der Waals surface area (Å²) in [7, 11) is 0. The zero-order chi connectivity index (χ0) is 16.7. The Balaban J connectivity index is 2.02. The summed E-state index contributed by atoms with van der Waals surface area (Å²) in [6.07, 6.45) is 1.10. The van der Waals surface area contributed by atoms with Gasteiger partial charge in [-0.2, -0.15) is 5.26 Å². The van der Waals surface area contributed by atoms with Crippen LogP contribution < -0.4 is 4.74 Å². The molecule has 5 heteroatoms. The van der Waals surface area contributed by atoms with Crippen LogP contribution in [0.15, 0.2) is 54.4 Å². The van der Waals surface area contributed by atoms with Gasteiger partial charge in [-0.15, -0.1) is 17.9 Å². The van der Waals surface area contributed by atoms with Crippen LogP contribution in [0.1, 0.15) is 17.4 Å². The molecule has 0 aliphatic heterocycles. The van der Waals surface area contributed by atoms with E-state index >= 15 is 0 Å². The van der Waals surface area contributed by atoms with Gasteiger partial charge in [0.05, 0.1) is 18.2 Å². The Labute approximate surface area is 140 Å². The number of hydrogen-bond donors (Lipinski definition) is 0. The smallest absolute Gasteiger partial charge is 0.263 e. The van der Waals surface area contributed by atoms with Gasteiger partial charge in [0, 0.05) is 11.4 Å². The second kappa shape index (κ2) is 8.16. The minimum Gasteiger partial charge on any atom is -0.481 e. The standard InChI is InChI=1S/C18H18N2O2S/c1-3-10-20(13-17-5-4-11-23-17)18(21)14(2)22-16-8-6-15(12-19)7-9-16/h3-9,11,14H,1,10,13H2,2H3. The molecule has 2 rings (SSSR count). The van der Waals surface area contributed by atoms with E-state index < -0.39 is 6.10 Å². The van der Waals surface area contributed by atoms with Crippen LogP contribution in [0.5, 0.6) is 5.75 Å². The van der Waals surface area contributed by atoms with Crippen LogP contribution in [0.3, 0.4) is 0 Å². The van der Waals surface area contributed by atoms with E-state index in [9.17, 15) is 4.79 Å². The van der Waals surface area contributed by atoms with E-state index in [-0.39, 0.29) is 5.91 Å². The number of carbonyl (C=O) groups excluding carboxylic acids is 1. The predicted molar refractivity (Wildman–Crippen MR) is 91.2 cm³/mol. The minimum absolute atomic E-state index is 0.0948. The number of nitrogens with zero attached hydrogens (tertiary/aromatic N) is 2. The lowest BCUT2D eigenvalue weighted by atomic mass is 10.2. The van der Waals surface area contributed by atoms with Gasteiger partial charge in [-0.1, -0.05) is 12.1 Å². The number of benzene rings is 1. The maximum atomic E-state index is 12.6. The van der Waals surface area contributed by atoms with Crippen molar-refractivity contribution in [2.45, 2.75) is 19.6 Å². The van der Waals surface area contributed by atoms with Crippen molar-refractivity contribution in [3.63, 3.8) is 0 Å². The van der Waals surface area contributed by atoms with Crippen LogP contribution in [0, 0.1) is 11.3 Å². The van der Waals surface area contributed by atoms with Gasteiger partial charge in [-0.05, 0) is 42.6 Å². The lowest BCUT2D eigenvalue weighted by molar-refractivity contribution is -0.138. The van der Waals surface area contributed by atoms with Gasteiger partial charge in [0.1, 0.15) is 5.75 Å². The molecule has 1 aromatic carbocycles. The van der Waals surface area contributed by atoms with Gasteiger partial charge in [-0.25, -0.2) is 0 Å². The largest absolute Gasteiger partial charge is 0.481 e. The molecule has 0 aliphatic rings. The van der Waals surface area contributed by atoms with Gasteiger partial charge in [0.25, 0.3) is 5.91 Å². The fourth-order valence-corrected chi connectivity index (χ4v) is 2.82. The first-order valence-corrected chi connectivity index (χ1v) is 8.11. The van der Waals surface area contributed by atoms with Crippen molar-refractivity contribution in [3.8, 4) is 11.8 Å². The number of amides is 1. The average Bonchev–Trinajstić information content (AvgIpc) is 3.07. The van der Waals surface area contributed by atoms with E-state index in [0.717, 1.165) is 4.88 Å². The quantitative estimate of drug-likeness (QED) is 0.731. The summed E-state index contributed by atoms with van der Waals surface area (Å²) in [6, 6.07) is 12.7. The van der Waals surface area contributed by atoms with Gasteiger partial charge < -0.3 is 9.64 Å². The summed E-state index contributed by atoms with van der Waals surface area (Å²) >= 11 is 1.61. The van der Waals surface area contributed by atoms with E-state index in [1.165, 1.54) is 0 Å². The van der Waals surface area contributed by atoms with Crippen LogP contribution in [0.4, 0.5) is 0 Å². The highest BCUT2D eigenvalue weighted by atomic mass is 32.1. The van der Waals surface area contributed by atoms with E-state index in [4.69, 9.17) is 10.00 Å². The van der Waals surface area contributed by atoms with Gasteiger partial charge in [0.15, 0.2) is 6.10 Å². The molecule has 0 aliphatic carbocycles. The highest BCUT2D eigenvalue weighted by molar-refractivity contribution is 7.09. The molecule has 0 fully saturated rings. The molecule has 1 heterocycles. The normalized spacial score (nSPS) is 11.3. The van der Waals surface area contributed by atoms with Crippen LogP contribution >= 0.6 is 11.3 Å². The Morgan fingerprint density at radius 1 is 1.43 bits per heavy atom. The van der Waals surface area contributed by atoms with Crippen molar-refractivity contribution in [1.29, 1.82) is 5.26 Å². The SMILES string of the molecule is C=CCN(Cc1cccs1)C(=O)C(C)Oc1ccc(C#N)cc1. The molecule has 2 aromatic rings. The predicted octanol–water partition coefficient (Wildman–Crippen LogP) is 3.60. The van der Waals surface area contributed by atoms with Gasteiger partial charge in [0.2, 0.25) is 0 Å². The second-order valence-corrected chi connectivity index (χ2v) is 6.02. The molecule has 1 atom stereocenters. The highest BCUT2D eigenvalue weighted by Gasteiger charge is 2.21. The summed E-state index contributed by atoms with van der Waals surface area (Å²) in [5.41, 5.74) is 0.558. The molecule has 0 bridgehead atoms. The molecule has 23 heavy (non-hydrogen) atoms. The molecule has 1 unspecified atom stereocenters.